The van der Waals surface area contributed by atoms with Crippen molar-refractivity contribution in [3.05, 3.63) is 40.6 Å². The second-order valence-electron chi connectivity index (χ2n) is 4.66. The average molecular weight is 414 g/mol. The molecule has 0 saturated carbocycles. The zero-order valence-electron chi connectivity index (χ0n) is 13.1. The molecule has 9 heteroatoms. The van der Waals surface area contributed by atoms with Crippen molar-refractivity contribution in [1.82, 2.24) is 9.97 Å². The lowest BCUT2D eigenvalue weighted by molar-refractivity contribution is 0.102. The van der Waals surface area contributed by atoms with Crippen LogP contribution in [-0.4, -0.2) is 36.7 Å². The molecule has 1 N–H and O–H groups in total. The Hall–Kier alpha value is -2.00. The van der Waals surface area contributed by atoms with Gasteiger partial charge in [-0.15, -0.1) is 0 Å². The Morgan fingerprint density at radius 1 is 1.25 bits per heavy atom. The Kier molecular flexibility index (Phi) is 5.89. The molecule has 1 aromatic heterocycles. The van der Waals surface area contributed by atoms with Crippen molar-refractivity contribution in [2.45, 2.75) is 19.0 Å². The van der Waals surface area contributed by atoms with Gasteiger partial charge in [0.1, 0.15) is 11.4 Å². The summed E-state index contributed by atoms with van der Waals surface area (Å²) in [4.78, 5) is 20.0. The molecule has 1 amide bonds. The molecule has 24 heavy (non-hydrogen) atoms. The summed E-state index contributed by atoms with van der Waals surface area (Å²) in [5.41, 5.74) is 0.486. The van der Waals surface area contributed by atoms with Crippen molar-refractivity contribution in [2.75, 3.05) is 17.7 Å². The molecule has 1 aromatic carbocycles. The molecule has 0 aliphatic rings. The van der Waals surface area contributed by atoms with Crippen LogP contribution >= 0.6 is 15.9 Å². The third-order valence-electron chi connectivity index (χ3n) is 3.02. The monoisotopic (exact) mass is 413 g/mol. The van der Waals surface area contributed by atoms with Crippen molar-refractivity contribution in [2.24, 2.45) is 0 Å². The second kappa shape index (κ2) is 7.71. The molecular formula is C15H16BrN3O4S. The van der Waals surface area contributed by atoms with Crippen LogP contribution in [0.3, 0.4) is 0 Å². The molecule has 0 fully saturated rings. The molecule has 0 bridgehead atoms. The van der Waals surface area contributed by atoms with Crippen molar-refractivity contribution in [3.8, 4) is 5.75 Å². The van der Waals surface area contributed by atoms with Gasteiger partial charge in [-0.2, -0.15) is 0 Å². The molecule has 0 unspecified atom stereocenters. The molecule has 0 saturated heterocycles. The largest absolute Gasteiger partial charge is 0.494 e. The Balaban J connectivity index is 2.24. The first-order chi connectivity index (χ1) is 11.4. The number of nitrogens with one attached hydrogen (secondary N) is 1. The molecule has 0 atom stereocenters. The summed E-state index contributed by atoms with van der Waals surface area (Å²) >= 11 is 3.16. The Bertz CT molecular complexity index is 838. The number of rotatable bonds is 6. The summed E-state index contributed by atoms with van der Waals surface area (Å²) < 4.78 is 29.4. The number of sulfone groups is 1. The number of ether oxygens (including phenoxy) is 1. The van der Waals surface area contributed by atoms with Gasteiger partial charge in [0.05, 0.1) is 16.8 Å². The van der Waals surface area contributed by atoms with Crippen LogP contribution in [0, 0.1) is 0 Å². The molecule has 0 spiro atoms. The lowest BCUT2D eigenvalue weighted by Gasteiger charge is -2.08. The minimum absolute atomic E-state index is 0.0501. The van der Waals surface area contributed by atoms with E-state index in [1.54, 1.807) is 24.3 Å². The van der Waals surface area contributed by atoms with Gasteiger partial charge in [-0.1, -0.05) is 6.92 Å². The maximum atomic E-state index is 12.4. The molecule has 2 aromatic rings. The summed E-state index contributed by atoms with van der Waals surface area (Å²) in [6.45, 7) is 3.92. The van der Waals surface area contributed by atoms with Crippen LogP contribution < -0.4 is 10.1 Å². The third kappa shape index (κ3) is 4.30. The number of amides is 1. The number of anilines is 1. The van der Waals surface area contributed by atoms with Gasteiger partial charge in [-0.05, 0) is 47.1 Å². The first-order valence-electron chi connectivity index (χ1n) is 7.17. The average Bonchev–Trinajstić information content (AvgIpc) is 2.57. The number of benzene rings is 1. The molecule has 0 aliphatic carbocycles. The van der Waals surface area contributed by atoms with Gasteiger partial charge >= 0.3 is 0 Å². The smallest absolute Gasteiger partial charge is 0.275 e. The number of nitrogens with zero attached hydrogens (tertiary/aromatic N) is 2. The zero-order chi connectivity index (χ0) is 17.7. The van der Waals surface area contributed by atoms with Gasteiger partial charge in [0, 0.05) is 11.9 Å². The summed E-state index contributed by atoms with van der Waals surface area (Å²) in [6.07, 6.45) is 1.25. The molecule has 2 rings (SSSR count). The number of hydrogen-bond donors (Lipinski definition) is 1. The fraction of sp³-hybridized carbons (Fsp3) is 0.267. The number of halogens is 1. The molecule has 7 nitrogen and oxygen atoms in total. The van der Waals surface area contributed by atoms with E-state index >= 15 is 0 Å². The van der Waals surface area contributed by atoms with E-state index in [0.717, 1.165) is 0 Å². The fourth-order valence-electron chi connectivity index (χ4n) is 1.78. The molecule has 0 aliphatic heterocycles. The SMILES string of the molecule is CCOc1ccc(NC(=O)c2nc(S(=O)(=O)CC)ncc2Br)cc1. The van der Waals surface area contributed by atoms with Gasteiger partial charge in [0.25, 0.3) is 5.91 Å². The summed E-state index contributed by atoms with van der Waals surface area (Å²) in [7, 11) is -3.60. The highest BCUT2D eigenvalue weighted by Crippen LogP contribution is 2.19. The van der Waals surface area contributed by atoms with Crippen LogP contribution in [0.5, 0.6) is 5.75 Å². The summed E-state index contributed by atoms with van der Waals surface area (Å²) in [5.74, 6) is 0.00484. The minimum Gasteiger partial charge on any atom is -0.494 e. The first-order valence-corrected chi connectivity index (χ1v) is 9.61. The van der Waals surface area contributed by atoms with E-state index in [0.29, 0.717) is 22.5 Å². The van der Waals surface area contributed by atoms with Gasteiger partial charge in [0.15, 0.2) is 0 Å². The van der Waals surface area contributed by atoms with Crippen LogP contribution in [0.1, 0.15) is 24.3 Å². The maximum absolute atomic E-state index is 12.4. The van der Waals surface area contributed by atoms with Crippen LogP contribution in [0.2, 0.25) is 0 Å². The van der Waals surface area contributed by atoms with Crippen LogP contribution in [0.4, 0.5) is 5.69 Å². The minimum atomic E-state index is -3.60. The van der Waals surface area contributed by atoms with E-state index in [9.17, 15) is 13.2 Å². The number of aromatic nitrogens is 2. The van der Waals surface area contributed by atoms with Gasteiger partial charge in [-0.25, -0.2) is 18.4 Å². The highest BCUT2D eigenvalue weighted by atomic mass is 79.9. The van der Waals surface area contributed by atoms with Gasteiger partial charge in [-0.3, -0.25) is 4.79 Å². The molecule has 128 valence electrons. The van der Waals surface area contributed by atoms with Crippen molar-refractivity contribution in [1.29, 1.82) is 0 Å². The lowest BCUT2D eigenvalue weighted by Crippen LogP contribution is -2.18. The predicted molar refractivity (Wildman–Crippen MR) is 93.0 cm³/mol. The van der Waals surface area contributed by atoms with Crippen LogP contribution in [-0.2, 0) is 9.84 Å². The van der Waals surface area contributed by atoms with E-state index < -0.39 is 15.7 Å². The predicted octanol–water partition coefficient (Wildman–Crippen LogP) is 2.68. The Morgan fingerprint density at radius 3 is 2.50 bits per heavy atom. The normalized spacial score (nSPS) is 11.1. The second-order valence-corrected chi connectivity index (χ2v) is 7.69. The number of hydrogen-bond acceptors (Lipinski definition) is 6. The van der Waals surface area contributed by atoms with Crippen LogP contribution in [0.15, 0.2) is 40.1 Å². The Morgan fingerprint density at radius 2 is 1.92 bits per heavy atom. The maximum Gasteiger partial charge on any atom is 0.275 e. The quantitative estimate of drug-likeness (QED) is 0.730. The van der Waals surface area contributed by atoms with E-state index in [4.69, 9.17) is 4.74 Å². The van der Waals surface area contributed by atoms with E-state index in [2.05, 4.69) is 31.2 Å². The summed E-state index contributed by atoms with van der Waals surface area (Å²) in [5, 5.41) is 2.29. The van der Waals surface area contributed by atoms with Crippen LogP contribution in [0.25, 0.3) is 0 Å². The highest BCUT2D eigenvalue weighted by Gasteiger charge is 2.20. The lowest BCUT2D eigenvalue weighted by atomic mass is 10.3. The van der Waals surface area contributed by atoms with E-state index in [1.807, 2.05) is 6.92 Å². The zero-order valence-corrected chi connectivity index (χ0v) is 15.5. The highest BCUT2D eigenvalue weighted by molar-refractivity contribution is 9.10. The summed E-state index contributed by atoms with van der Waals surface area (Å²) in [6, 6.07) is 6.81. The van der Waals surface area contributed by atoms with E-state index in [1.165, 1.54) is 13.1 Å². The fourth-order valence-corrected chi connectivity index (χ4v) is 2.85. The Labute approximate surface area is 148 Å². The van der Waals surface area contributed by atoms with Crippen molar-refractivity contribution in [3.63, 3.8) is 0 Å². The van der Waals surface area contributed by atoms with Crippen molar-refractivity contribution >= 4 is 37.4 Å². The van der Waals surface area contributed by atoms with Gasteiger partial charge < -0.3 is 10.1 Å². The topological polar surface area (TPSA) is 98.2 Å². The third-order valence-corrected chi connectivity index (χ3v) is 5.11. The van der Waals surface area contributed by atoms with E-state index in [-0.39, 0.29) is 16.6 Å². The molecular weight excluding hydrogens is 398 g/mol. The van der Waals surface area contributed by atoms with Gasteiger partial charge in [0.2, 0.25) is 15.0 Å². The number of carbonyl (C=O) groups is 1. The standard InChI is InChI=1S/C15H16BrN3O4S/c1-3-23-11-7-5-10(6-8-11)18-14(20)13-12(16)9-17-15(19-13)24(21,22)4-2/h5-9H,3-4H2,1-2H3,(H,18,20). The number of carbonyl (C=O) groups excluding carboxylic acids is 1. The van der Waals surface area contributed by atoms with Crippen molar-refractivity contribution < 1.29 is 17.9 Å². The molecule has 1 heterocycles. The first kappa shape index (κ1) is 18.3. The molecule has 0 radical (unpaired) electrons.